The summed E-state index contributed by atoms with van der Waals surface area (Å²) in [6, 6.07) is -3.13. The minimum absolute atomic E-state index is 0.467. The van der Waals surface area contributed by atoms with Gasteiger partial charge in [-0.05, 0) is 20.1 Å². The first-order valence-electron chi connectivity index (χ1n) is 13.2. The van der Waals surface area contributed by atoms with E-state index in [1.54, 1.807) is 4.90 Å². The molecule has 15 atom stereocenters. The zero-order valence-corrected chi connectivity index (χ0v) is 22.3. The second kappa shape index (κ2) is 14.5. The van der Waals surface area contributed by atoms with E-state index in [-0.39, 0.29) is 0 Å². The molecule has 3 fully saturated rings. The summed E-state index contributed by atoms with van der Waals surface area (Å²) in [6.45, 7) is 2.77. The van der Waals surface area contributed by atoms with Crippen molar-refractivity contribution < 1.29 is 64.5 Å². The van der Waals surface area contributed by atoms with Crippen LogP contribution >= 0.6 is 0 Å². The standard InChI is InChI=1S/C23H45N3O13/c1-4-26(5-2)14-18(33)15(30)9(6-27)36-23(14)39-20-11(8-29)37-22(13(25-3)17(20)32)38-19-10(7-28)35-21(34)12(24)16(19)31/h9-23,25,27-34H,4-8,24H2,1-3H3/t9-,10-,11-,12-,13-,14-,15-,16-,17-,18-,19?,20?,21-,22+,23+/m1/s1. The van der Waals surface area contributed by atoms with Crippen molar-refractivity contribution in [1.29, 1.82) is 0 Å². The lowest BCUT2D eigenvalue weighted by Crippen LogP contribution is -2.70. The fourth-order valence-electron chi connectivity index (χ4n) is 5.45. The average molecular weight is 572 g/mol. The van der Waals surface area contributed by atoms with Crippen molar-refractivity contribution in [3.63, 3.8) is 0 Å². The monoisotopic (exact) mass is 571 g/mol. The number of hydrogen-bond acceptors (Lipinski definition) is 16. The van der Waals surface area contributed by atoms with Crippen molar-refractivity contribution in [2.75, 3.05) is 40.0 Å². The summed E-state index contributed by atoms with van der Waals surface area (Å²) in [4.78, 5) is 1.80. The molecule has 16 heteroatoms. The van der Waals surface area contributed by atoms with Crippen LogP contribution in [0.5, 0.6) is 0 Å². The number of nitrogens with one attached hydrogen (secondary N) is 1. The van der Waals surface area contributed by atoms with Crippen molar-refractivity contribution in [3.05, 3.63) is 0 Å². The molecule has 230 valence electrons. The topological polar surface area (TPSA) is 249 Å². The van der Waals surface area contributed by atoms with Crippen LogP contribution in [-0.4, -0.2) is 178 Å². The molecule has 3 saturated heterocycles. The Labute approximate surface area is 226 Å². The van der Waals surface area contributed by atoms with Gasteiger partial charge in [0.2, 0.25) is 0 Å². The number of aliphatic hydroxyl groups is 8. The predicted octanol–water partition coefficient (Wildman–Crippen LogP) is -6.03. The van der Waals surface area contributed by atoms with Gasteiger partial charge in [0.1, 0.15) is 54.9 Å². The number of nitrogens with two attached hydrogens (primary N) is 1. The first-order chi connectivity index (χ1) is 18.6. The molecule has 0 spiro atoms. The molecule has 0 amide bonds. The van der Waals surface area contributed by atoms with Crippen LogP contribution in [0.3, 0.4) is 0 Å². The molecule has 0 bridgehead atoms. The van der Waals surface area contributed by atoms with Crippen molar-refractivity contribution in [2.24, 2.45) is 5.73 Å². The molecule has 11 N–H and O–H groups in total. The molecule has 0 radical (unpaired) electrons. The quantitative estimate of drug-likeness (QED) is 0.111. The van der Waals surface area contributed by atoms with Crippen LogP contribution in [0.15, 0.2) is 0 Å². The van der Waals surface area contributed by atoms with Gasteiger partial charge in [-0.25, -0.2) is 0 Å². The minimum Gasteiger partial charge on any atom is -0.394 e. The molecule has 16 nitrogen and oxygen atoms in total. The van der Waals surface area contributed by atoms with Gasteiger partial charge in [0.15, 0.2) is 18.9 Å². The summed E-state index contributed by atoms with van der Waals surface area (Å²) < 4.78 is 29.0. The van der Waals surface area contributed by atoms with Gasteiger partial charge in [-0.1, -0.05) is 13.8 Å². The van der Waals surface area contributed by atoms with Crippen LogP contribution in [0.4, 0.5) is 0 Å². The fourth-order valence-corrected chi connectivity index (χ4v) is 5.45. The van der Waals surface area contributed by atoms with Crippen molar-refractivity contribution in [1.82, 2.24) is 10.2 Å². The average Bonchev–Trinajstić information content (AvgIpc) is 2.93. The lowest BCUT2D eigenvalue weighted by atomic mass is 9.93. The van der Waals surface area contributed by atoms with Gasteiger partial charge in [0.25, 0.3) is 0 Å². The summed E-state index contributed by atoms with van der Waals surface area (Å²) >= 11 is 0. The minimum atomic E-state index is -1.54. The smallest absolute Gasteiger partial charge is 0.176 e. The maximum absolute atomic E-state index is 11.3. The third-order valence-corrected chi connectivity index (χ3v) is 7.77. The van der Waals surface area contributed by atoms with Gasteiger partial charge in [0.05, 0.1) is 37.9 Å². The Morgan fingerprint density at radius 2 is 1.23 bits per heavy atom. The van der Waals surface area contributed by atoms with Crippen LogP contribution < -0.4 is 11.1 Å². The van der Waals surface area contributed by atoms with E-state index in [0.29, 0.717) is 13.1 Å². The Morgan fingerprint density at radius 3 is 1.77 bits per heavy atom. The molecule has 3 aliphatic heterocycles. The van der Waals surface area contributed by atoms with Gasteiger partial charge in [-0.3, -0.25) is 4.90 Å². The molecule has 0 aromatic heterocycles. The molecule has 0 saturated carbocycles. The number of nitrogens with zero attached hydrogens (tertiary/aromatic N) is 1. The van der Waals surface area contributed by atoms with Crippen LogP contribution in [0.1, 0.15) is 13.8 Å². The first-order valence-corrected chi connectivity index (χ1v) is 13.2. The molecule has 3 heterocycles. The third-order valence-electron chi connectivity index (χ3n) is 7.77. The zero-order valence-electron chi connectivity index (χ0n) is 22.3. The van der Waals surface area contributed by atoms with Gasteiger partial charge >= 0.3 is 0 Å². The molecular weight excluding hydrogens is 526 g/mol. The number of aliphatic hydroxyl groups excluding tert-OH is 8. The Kier molecular flexibility index (Phi) is 12.2. The highest BCUT2D eigenvalue weighted by atomic mass is 16.7. The molecule has 3 rings (SSSR count). The Hall–Kier alpha value is -0.640. The Balaban J connectivity index is 1.83. The molecule has 0 aromatic carbocycles. The largest absolute Gasteiger partial charge is 0.394 e. The van der Waals surface area contributed by atoms with E-state index in [2.05, 4.69) is 5.32 Å². The molecule has 0 aromatic rings. The lowest BCUT2D eigenvalue weighted by Gasteiger charge is -2.50. The lowest BCUT2D eigenvalue weighted by molar-refractivity contribution is -0.355. The van der Waals surface area contributed by atoms with Crippen LogP contribution in [0.25, 0.3) is 0 Å². The molecule has 0 aliphatic carbocycles. The van der Waals surface area contributed by atoms with Gasteiger partial charge in [-0.15, -0.1) is 0 Å². The van der Waals surface area contributed by atoms with E-state index in [9.17, 15) is 40.9 Å². The van der Waals surface area contributed by atoms with Crippen LogP contribution in [0, 0.1) is 0 Å². The number of rotatable bonds is 11. The van der Waals surface area contributed by atoms with Crippen molar-refractivity contribution in [2.45, 2.75) is 106 Å². The van der Waals surface area contributed by atoms with E-state index in [0.717, 1.165) is 0 Å². The number of ether oxygens (including phenoxy) is 5. The number of hydrogen-bond donors (Lipinski definition) is 10. The highest BCUT2D eigenvalue weighted by Gasteiger charge is 2.53. The van der Waals surface area contributed by atoms with Gasteiger partial charge < -0.3 is 75.6 Å². The highest BCUT2D eigenvalue weighted by Crippen LogP contribution is 2.33. The Morgan fingerprint density at radius 1 is 0.718 bits per heavy atom. The van der Waals surface area contributed by atoms with Crippen LogP contribution in [-0.2, 0) is 23.7 Å². The van der Waals surface area contributed by atoms with E-state index in [1.165, 1.54) is 7.05 Å². The third kappa shape index (κ3) is 6.72. The second-order valence-electron chi connectivity index (χ2n) is 9.97. The normalized spacial score (nSPS) is 47.5. The maximum atomic E-state index is 11.3. The molecule has 3 aliphatic rings. The fraction of sp³-hybridized carbons (Fsp3) is 1.00. The SMILES string of the molecule is CCN(CC)[C@H]1[C@H](OC2[C@@H](CO)O[C@@H](OC3[C@@H](CO)O[C@@H](O)[C@H](N)[C@H]3O)[C@H](NC)[C@H]2O)O[C@H](CO)[C@@H](O)[C@@H]1O. The molecular formula is C23H45N3O13. The van der Waals surface area contributed by atoms with Gasteiger partial charge in [0, 0.05) is 0 Å². The van der Waals surface area contributed by atoms with Crippen molar-refractivity contribution in [3.8, 4) is 0 Å². The van der Waals surface area contributed by atoms with E-state index < -0.39 is 112 Å². The summed E-state index contributed by atoms with van der Waals surface area (Å²) in [6.07, 6.45) is -15.7. The number of likely N-dealkylation sites (N-methyl/N-ethyl adjacent to an activating group) is 2. The van der Waals surface area contributed by atoms with Crippen molar-refractivity contribution >= 4 is 0 Å². The summed E-state index contributed by atoms with van der Waals surface area (Å²) in [5.41, 5.74) is 5.79. The summed E-state index contributed by atoms with van der Waals surface area (Å²) in [7, 11) is 1.51. The summed E-state index contributed by atoms with van der Waals surface area (Å²) in [5, 5.41) is 85.5. The van der Waals surface area contributed by atoms with E-state index in [1.807, 2.05) is 13.8 Å². The first kappa shape index (κ1) is 32.9. The predicted molar refractivity (Wildman–Crippen MR) is 131 cm³/mol. The molecule has 39 heavy (non-hydrogen) atoms. The maximum Gasteiger partial charge on any atom is 0.176 e. The summed E-state index contributed by atoms with van der Waals surface area (Å²) in [5.74, 6) is 0. The van der Waals surface area contributed by atoms with Gasteiger partial charge in [-0.2, -0.15) is 0 Å². The Bertz CT molecular complexity index is 737. The second-order valence-corrected chi connectivity index (χ2v) is 9.97. The molecule has 2 unspecified atom stereocenters. The van der Waals surface area contributed by atoms with E-state index in [4.69, 9.17) is 29.4 Å². The van der Waals surface area contributed by atoms with Crippen LogP contribution in [0.2, 0.25) is 0 Å². The van der Waals surface area contributed by atoms with E-state index >= 15 is 0 Å². The highest BCUT2D eigenvalue weighted by molar-refractivity contribution is 5.00. The zero-order chi connectivity index (χ0) is 29.0.